The van der Waals surface area contributed by atoms with Gasteiger partial charge in [-0.2, -0.15) is 0 Å². The van der Waals surface area contributed by atoms with E-state index in [4.69, 9.17) is 23.2 Å². The summed E-state index contributed by atoms with van der Waals surface area (Å²) in [6.45, 7) is 2.51. The largest absolute Gasteiger partial charge is 0.309 e. The molecule has 2 heterocycles. The third kappa shape index (κ3) is 3.84. The molecule has 0 amide bonds. The van der Waals surface area contributed by atoms with Gasteiger partial charge in [0.15, 0.2) is 0 Å². The van der Waals surface area contributed by atoms with Crippen LogP contribution in [0.2, 0.25) is 10.0 Å². The smallest absolute Gasteiger partial charge is 0.260 e. The van der Waals surface area contributed by atoms with E-state index in [2.05, 4.69) is 22.2 Å². The van der Waals surface area contributed by atoms with Gasteiger partial charge in [0.1, 0.15) is 10.7 Å². The molecule has 0 bridgehead atoms. The van der Waals surface area contributed by atoms with Crippen molar-refractivity contribution in [1.82, 2.24) is 15.3 Å². The highest BCUT2D eigenvalue weighted by atomic mass is 35.5. The van der Waals surface area contributed by atoms with E-state index >= 15 is 0 Å². The van der Waals surface area contributed by atoms with Crippen molar-refractivity contribution in [2.24, 2.45) is 0 Å². The van der Waals surface area contributed by atoms with Gasteiger partial charge in [0.05, 0.1) is 11.9 Å². The van der Waals surface area contributed by atoms with E-state index in [1.54, 1.807) is 0 Å². The number of fused-ring (bicyclic) bond motifs is 1. The lowest BCUT2D eigenvalue weighted by Gasteiger charge is -2.14. The molecule has 1 unspecified atom stereocenters. The monoisotopic (exact) mass is 429 g/mol. The van der Waals surface area contributed by atoms with Crippen LogP contribution in [0, 0.1) is 0 Å². The fraction of sp³-hybridized carbons (Fsp3) is 0.143. The van der Waals surface area contributed by atoms with Gasteiger partial charge in [-0.1, -0.05) is 53.5 Å². The van der Waals surface area contributed by atoms with Gasteiger partial charge >= 0.3 is 0 Å². The van der Waals surface area contributed by atoms with E-state index in [0.29, 0.717) is 32.6 Å². The number of hydrogen-bond donors (Lipinski definition) is 2. The summed E-state index contributed by atoms with van der Waals surface area (Å²) in [6, 6.07) is 15.3. The summed E-state index contributed by atoms with van der Waals surface area (Å²) >= 11 is 13.7. The zero-order valence-corrected chi connectivity index (χ0v) is 17.3. The average molecular weight is 430 g/mol. The Morgan fingerprint density at radius 2 is 1.86 bits per heavy atom. The number of nitrogens with one attached hydrogen (secondary N) is 2. The summed E-state index contributed by atoms with van der Waals surface area (Å²) in [7, 11) is 0. The molecular formula is C21H17Cl2N3OS. The standard InChI is InChI=1S/C21H17Cl2N3OS/c1-12(13-6-8-14(22)9-7-13)24-10-18-25-20(27)19-16(11-28-21(19)26-18)15-4-2-3-5-17(15)23/h2-9,11-12,24H,10H2,1H3,(H,25,26,27). The maximum Gasteiger partial charge on any atom is 0.260 e. The second kappa shape index (κ2) is 8.05. The SMILES string of the molecule is CC(NCc1nc2scc(-c3ccccc3Cl)c2c(=O)[nH]1)c1ccc(Cl)cc1. The molecule has 4 aromatic rings. The Morgan fingerprint density at radius 1 is 1.11 bits per heavy atom. The Balaban J connectivity index is 1.59. The van der Waals surface area contributed by atoms with Crippen LogP contribution in [-0.2, 0) is 6.54 Å². The molecular weight excluding hydrogens is 413 g/mol. The first-order valence-electron chi connectivity index (χ1n) is 8.77. The van der Waals surface area contributed by atoms with Crippen LogP contribution in [-0.4, -0.2) is 9.97 Å². The van der Waals surface area contributed by atoms with Crippen molar-refractivity contribution in [2.75, 3.05) is 0 Å². The number of aromatic nitrogens is 2. The van der Waals surface area contributed by atoms with Crippen molar-refractivity contribution in [3.63, 3.8) is 0 Å². The maximum atomic E-state index is 12.7. The molecule has 142 valence electrons. The lowest BCUT2D eigenvalue weighted by molar-refractivity contribution is 0.559. The summed E-state index contributed by atoms with van der Waals surface area (Å²) in [5.41, 5.74) is 2.61. The van der Waals surface area contributed by atoms with Gasteiger partial charge < -0.3 is 10.3 Å². The number of nitrogens with zero attached hydrogens (tertiary/aromatic N) is 1. The van der Waals surface area contributed by atoms with Crippen molar-refractivity contribution >= 4 is 44.8 Å². The van der Waals surface area contributed by atoms with Gasteiger partial charge in [-0.3, -0.25) is 4.79 Å². The lowest BCUT2D eigenvalue weighted by atomic mass is 10.1. The van der Waals surface area contributed by atoms with Gasteiger partial charge in [0, 0.05) is 32.6 Å². The first kappa shape index (κ1) is 19.2. The second-order valence-corrected chi connectivity index (χ2v) is 8.18. The highest BCUT2D eigenvalue weighted by Gasteiger charge is 2.15. The second-order valence-electron chi connectivity index (χ2n) is 6.48. The van der Waals surface area contributed by atoms with Gasteiger partial charge in [0.2, 0.25) is 0 Å². The number of aromatic amines is 1. The van der Waals surface area contributed by atoms with Crippen LogP contribution in [0.1, 0.15) is 24.4 Å². The molecule has 0 radical (unpaired) electrons. The first-order chi connectivity index (χ1) is 13.5. The van der Waals surface area contributed by atoms with Crippen LogP contribution < -0.4 is 10.9 Å². The van der Waals surface area contributed by atoms with E-state index < -0.39 is 0 Å². The fourth-order valence-electron chi connectivity index (χ4n) is 3.07. The van der Waals surface area contributed by atoms with Crippen LogP contribution in [0.15, 0.2) is 58.7 Å². The molecule has 0 aliphatic heterocycles. The van der Waals surface area contributed by atoms with Gasteiger partial charge in [0.25, 0.3) is 5.56 Å². The average Bonchev–Trinajstić information content (AvgIpc) is 3.11. The molecule has 4 rings (SSSR count). The molecule has 0 fully saturated rings. The first-order valence-corrected chi connectivity index (χ1v) is 10.4. The number of hydrogen-bond acceptors (Lipinski definition) is 4. The third-order valence-electron chi connectivity index (χ3n) is 4.60. The van der Waals surface area contributed by atoms with Gasteiger partial charge in [-0.05, 0) is 30.7 Å². The van der Waals surface area contributed by atoms with E-state index in [0.717, 1.165) is 16.7 Å². The van der Waals surface area contributed by atoms with Crippen LogP contribution >= 0.6 is 34.5 Å². The molecule has 2 N–H and O–H groups in total. The maximum absolute atomic E-state index is 12.7. The summed E-state index contributed by atoms with van der Waals surface area (Å²) in [6.07, 6.45) is 0. The normalized spacial score (nSPS) is 12.4. The van der Waals surface area contributed by atoms with Crippen molar-refractivity contribution in [1.29, 1.82) is 0 Å². The number of H-pyrrole nitrogens is 1. The Morgan fingerprint density at radius 3 is 2.61 bits per heavy atom. The zero-order chi connectivity index (χ0) is 19.7. The topological polar surface area (TPSA) is 57.8 Å². The third-order valence-corrected chi connectivity index (χ3v) is 6.06. The molecule has 0 saturated carbocycles. The van der Waals surface area contributed by atoms with E-state index in [1.165, 1.54) is 11.3 Å². The fourth-order valence-corrected chi connectivity index (χ4v) is 4.40. The summed E-state index contributed by atoms with van der Waals surface area (Å²) in [5, 5.41) is 7.21. The van der Waals surface area contributed by atoms with Crippen LogP contribution in [0.5, 0.6) is 0 Å². The quantitative estimate of drug-likeness (QED) is 0.420. The number of halogens is 2. The summed E-state index contributed by atoms with van der Waals surface area (Å²) in [5.74, 6) is 0.603. The zero-order valence-electron chi connectivity index (χ0n) is 15.0. The minimum atomic E-state index is -0.155. The van der Waals surface area contributed by atoms with Crippen LogP contribution in [0.3, 0.4) is 0 Å². The van der Waals surface area contributed by atoms with Gasteiger partial charge in [-0.15, -0.1) is 11.3 Å². The van der Waals surface area contributed by atoms with E-state index in [1.807, 2.05) is 53.9 Å². The number of benzene rings is 2. The highest BCUT2D eigenvalue weighted by molar-refractivity contribution is 7.17. The molecule has 7 heteroatoms. The van der Waals surface area contributed by atoms with Crippen molar-refractivity contribution in [2.45, 2.75) is 19.5 Å². The van der Waals surface area contributed by atoms with Crippen LogP contribution in [0.25, 0.3) is 21.3 Å². The van der Waals surface area contributed by atoms with Crippen LogP contribution in [0.4, 0.5) is 0 Å². The Hall–Kier alpha value is -2.18. The molecule has 4 nitrogen and oxygen atoms in total. The molecule has 0 spiro atoms. The Kier molecular flexibility index (Phi) is 5.51. The van der Waals surface area contributed by atoms with Gasteiger partial charge in [-0.25, -0.2) is 4.98 Å². The minimum Gasteiger partial charge on any atom is -0.309 e. The highest BCUT2D eigenvalue weighted by Crippen LogP contribution is 2.34. The van der Waals surface area contributed by atoms with E-state index in [-0.39, 0.29) is 11.6 Å². The Bertz CT molecular complexity index is 1180. The molecule has 2 aromatic heterocycles. The molecule has 1 atom stereocenters. The lowest BCUT2D eigenvalue weighted by Crippen LogP contribution is -2.22. The molecule has 2 aromatic carbocycles. The molecule has 0 aliphatic rings. The van der Waals surface area contributed by atoms with Crippen molar-refractivity contribution < 1.29 is 0 Å². The predicted octanol–water partition coefficient (Wildman–Crippen LogP) is 5.81. The number of rotatable bonds is 5. The Labute approximate surface area is 176 Å². The molecule has 28 heavy (non-hydrogen) atoms. The molecule has 0 saturated heterocycles. The van der Waals surface area contributed by atoms with Crippen molar-refractivity contribution in [3.05, 3.63) is 85.7 Å². The summed E-state index contributed by atoms with van der Waals surface area (Å²) in [4.78, 5) is 21.0. The summed E-state index contributed by atoms with van der Waals surface area (Å²) < 4.78 is 0. The van der Waals surface area contributed by atoms with E-state index in [9.17, 15) is 4.79 Å². The predicted molar refractivity (Wildman–Crippen MR) is 117 cm³/mol. The molecule has 0 aliphatic carbocycles. The minimum absolute atomic E-state index is 0.0975. The van der Waals surface area contributed by atoms with Crippen molar-refractivity contribution in [3.8, 4) is 11.1 Å². The number of thiophene rings is 1.